The van der Waals surface area contributed by atoms with Crippen LogP contribution in [0.3, 0.4) is 0 Å². The Kier molecular flexibility index (Phi) is 9.31. The van der Waals surface area contributed by atoms with Gasteiger partial charge in [-0.1, -0.05) is 36.0 Å². The second-order valence-corrected chi connectivity index (χ2v) is 11.2. The van der Waals surface area contributed by atoms with Gasteiger partial charge in [0, 0.05) is 52.0 Å². The van der Waals surface area contributed by atoms with E-state index in [1.165, 1.54) is 6.08 Å². The van der Waals surface area contributed by atoms with Gasteiger partial charge in [0.15, 0.2) is 0 Å². The number of fused-ring (bicyclic) bond motifs is 1. The number of hydrogen-bond acceptors (Lipinski definition) is 9. The summed E-state index contributed by atoms with van der Waals surface area (Å²) >= 11 is 1.61. The third kappa shape index (κ3) is 7.77. The molecule has 3 aromatic carbocycles. The van der Waals surface area contributed by atoms with Crippen LogP contribution in [0.2, 0.25) is 0 Å². The van der Waals surface area contributed by atoms with E-state index in [2.05, 4.69) is 37.3 Å². The molecule has 0 saturated heterocycles. The van der Waals surface area contributed by atoms with Gasteiger partial charge < -0.3 is 26.2 Å². The van der Waals surface area contributed by atoms with Crippen LogP contribution in [-0.4, -0.2) is 52.7 Å². The van der Waals surface area contributed by atoms with Gasteiger partial charge in [-0.2, -0.15) is 5.26 Å². The van der Waals surface area contributed by atoms with E-state index in [0.717, 1.165) is 16.3 Å². The summed E-state index contributed by atoms with van der Waals surface area (Å²) in [5.41, 5.74) is 3.88. The second-order valence-electron chi connectivity index (χ2n) is 9.98. The predicted molar refractivity (Wildman–Crippen MR) is 171 cm³/mol. The number of rotatable bonds is 10. The highest BCUT2D eigenvalue weighted by Crippen LogP contribution is 2.43. The summed E-state index contributed by atoms with van der Waals surface area (Å²) in [5.74, 6) is -0.686. The lowest BCUT2D eigenvalue weighted by Gasteiger charge is -2.17. The largest absolute Gasteiger partial charge is 0.371 e. The number of benzene rings is 3. The Balaban J connectivity index is 1.18. The number of nitrogens with one attached hydrogen (secondary N) is 4. The standard InChI is InChI=1S/C32H30N8O2S/c1-40(2)18-6-11-29(41)35-24-8-5-7-21(19-24)30(42)36-22-12-14-23(15-13-22)37-32-34-17-16-26(39-32)25(20-33)31-38-27-9-3-4-10-28(27)43-31/h3-17,19,25,31,38H,18H2,1-2H3,(H,35,41)(H,36,42)(H,34,37,39). The summed E-state index contributed by atoms with van der Waals surface area (Å²) in [7, 11) is 3.84. The van der Waals surface area contributed by atoms with Gasteiger partial charge in [0.05, 0.1) is 17.1 Å². The molecule has 0 bridgehead atoms. The first-order valence-corrected chi connectivity index (χ1v) is 14.4. The number of para-hydroxylation sites is 1. The van der Waals surface area contributed by atoms with E-state index >= 15 is 0 Å². The minimum atomic E-state index is -0.482. The molecule has 1 aliphatic heterocycles. The van der Waals surface area contributed by atoms with Crippen molar-refractivity contribution in [2.45, 2.75) is 16.2 Å². The summed E-state index contributed by atoms with van der Waals surface area (Å²) in [6.07, 6.45) is 4.87. The highest BCUT2D eigenvalue weighted by atomic mass is 32.2. The van der Waals surface area contributed by atoms with E-state index in [0.29, 0.717) is 35.1 Å². The molecule has 2 amide bonds. The van der Waals surface area contributed by atoms with Crippen LogP contribution in [0, 0.1) is 11.3 Å². The molecule has 43 heavy (non-hydrogen) atoms. The van der Waals surface area contributed by atoms with Crippen LogP contribution in [0.1, 0.15) is 22.0 Å². The number of likely N-dealkylation sites (N-methyl/N-ethyl adjacent to an activating group) is 1. The first-order valence-electron chi connectivity index (χ1n) is 13.5. The Labute approximate surface area is 254 Å². The molecule has 11 heteroatoms. The average molecular weight is 591 g/mol. The van der Waals surface area contributed by atoms with Gasteiger partial charge in [-0.15, -0.1) is 0 Å². The van der Waals surface area contributed by atoms with Crippen molar-refractivity contribution in [3.63, 3.8) is 0 Å². The van der Waals surface area contributed by atoms with E-state index in [-0.39, 0.29) is 17.2 Å². The molecule has 0 spiro atoms. The highest BCUT2D eigenvalue weighted by Gasteiger charge is 2.31. The fraction of sp³-hybridized carbons (Fsp3) is 0.156. The molecule has 216 valence electrons. The lowest BCUT2D eigenvalue weighted by atomic mass is 10.1. The first kappa shape index (κ1) is 29.3. The monoisotopic (exact) mass is 590 g/mol. The van der Waals surface area contributed by atoms with Crippen LogP contribution in [0.4, 0.5) is 28.7 Å². The number of anilines is 5. The van der Waals surface area contributed by atoms with Crippen molar-refractivity contribution in [2.24, 2.45) is 0 Å². The molecule has 4 aromatic rings. The normalized spacial score (nSPS) is 14.4. The van der Waals surface area contributed by atoms with Crippen LogP contribution in [0.5, 0.6) is 0 Å². The topological polar surface area (TPSA) is 135 Å². The second kappa shape index (κ2) is 13.7. The SMILES string of the molecule is CN(C)CC=CC(=O)Nc1cccc(C(=O)Nc2ccc(Nc3nccc(C(C#N)C4Nc5ccccc5S4)n3)cc2)c1. The number of nitrogens with zero attached hydrogens (tertiary/aromatic N) is 4. The number of thioether (sulfide) groups is 1. The third-order valence-electron chi connectivity index (χ3n) is 6.41. The Bertz CT molecular complexity index is 1660. The smallest absolute Gasteiger partial charge is 0.255 e. The lowest BCUT2D eigenvalue weighted by Crippen LogP contribution is -2.20. The van der Waals surface area contributed by atoms with Crippen LogP contribution in [-0.2, 0) is 4.79 Å². The molecule has 2 unspecified atom stereocenters. The zero-order valence-electron chi connectivity index (χ0n) is 23.6. The predicted octanol–water partition coefficient (Wildman–Crippen LogP) is 5.68. The lowest BCUT2D eigenvalue weighted by molar-refractivity contribution is -0.111. The molecule has 1 aliphatic rings. The minimum Gasteiger partial charge on any atom is -0.371 e. The van der Waals surface area contributed by atoms with Gasteiger partial charge >= 0.3 is 0 Å². The zero-order valence-corrected chi connectivity index (χ0v) is 24.4. The summed E-state index contributed by atoms with van der Waals surface area (Å²) in [6, 6.07) is 26.0. The fourth-order valence-electron chi connectivity index (χ4n) is 4.32. The van der Waals surface area contributed by atoms with Gasteiger partial charge in [-0.05, 0) is 74.8 Å². The maximum absolute atomic E-state index is 12.9. The van der Waals surface area contributed by atoms with E-state index in [9.17, 15) is 14.9 Å². The Hall–Kier alpha value is -5.18. The van der Waals surface area contributed by atoms with Crippen molar-refractivity contribution in [1.29, 1.82) is 5.26 Å². The number of carbonyl (C=O) groups excluding carboxylic acids is 2. The molecule has 0 fully saturated rings. The van der Waals surface area contributed by atoms with Crippen LogP contribution in [0.25, 0.3) is 0 Å². The minimum absolute atomic E-state index is 0.157. The molecule has 4 N–H and O–H groups in total. The van der Waals surface area contributed by atoms with Gasteiger partial charge in [0.1, 0.15) is 5.92 Å². The number of carbonyl (C=O) groups is 2. The first-order chi connectivity index (χ1) is 20.9. The molecule has 0 radical (unpaired) electrons. The Morgan fingerprint density at radius 2 is 1.81 bits per heavy atom. The quantitative estimate of drug-likeness (QED) is 0.172. The van der Waals surface area contributed by atoms with E-state index < -0.39 is 5.92 Å². The van der Waals surface area contributed by atoms with Crippen molar-refractivity contribution in [2.75, 3.05) is 41.9 Å². The van der Waals surface area contributed by atoms with Crippen molar-refractivity contribution in [1.82, 2.24) is 14.9 Å². The third-order valence-corrected chi connectivity index (χ3v) is 7.66. The van der Waals surface area contributed by atoms with Crippen molar-refractivity contribution >= 4 is 52.3 Å². The molecule has 5 rings (SSSR count). The van der Waals surface area contributed by atoms with Crippen molar-refractivity contribution < 1.29 is 9.59 Å². The average Bonchev–Trinajstić information content (AvgIpc) is 3.42. The van der Waals surface area contributed by atoms with Gasteiger partial charge in [-0.3, -0.25) is 9.59 Å². The molecular formula is C32H30N8O2S. The molecule has 2 heterocycles. The summed E-state index contributed by atoms with van der Waals surface area (Å²) in [4.78, 5) is 37.0. The van der Waals surface area contributed by atoms with E-state index in [1.807, 2.05) is 43.3 Å². The van der Waals surface area contributed by atoms with E-state index in [4.69, 9.17) is 0 Å². The van der Waals surface area contributed by atoms with Crippen LogP contribution < -0.4 is 21.3 Å². The fourth-order valence-corrected chi connectivity index (χ4v) is 5.52. The summed E-state index contributed by atoms with van der Waals surface area (Å²) < 4.78 is 0. The number of amides is 2. The number of aromatic nitrogens is 2. The van der Waals surface area contributed by atoms with Gasteiger partial charge in [0.25, 0.3) is 5.91 Å². The zero-order chi connectivity index (χ0) is 30.2. The van der Waals surface area contributed by atoms with E-state index in [1.54, 1.807) is 78.6 Å². The van der Waals surface area contributed by atoms with Gasteiger partial charge in [0.2, 0.25) is 11.9 Å². The molecular weight excluding hydrogens is 560 g/mol. The van der Waals surface area contributed by atoms with Crippen LogP contribution >= 0.6 is 11.8 Å². The Morgan fingerprint density at radius 1 is 1.02 bits per heavy atom. The van der Waals surface area contributed by atoms with Crippen molar-refractivity contribution in [3.05, 3.63) is 108 Å². The van der Waals surface area contributed by atoms with Crippen molar-refractivity contribution in [3.8, 4) is 6.07 Å². The molecule has 0 aliphatic carbocycles. The van der Waals surface area contributed by atoms with Gasteiger partial charge in [-0.25, -0.2) is 9.97 Å². The Morgan fingerprint density at radius 3 is 2.58 bits per heavy atom. The van der Waals surface area contributed by atoms with Crippen LogP contribution in [0.15, 0.2) is 102 Å². The molecule has 10 nitrogen and oxygen atoms in total. The number of nitriles is 1. The maximum atomic E-state index is 12.9. The summed E-state index contributed by atoms with van der Waals surface area (Å²) in [5, 5.41) is 22.0. The summed E-state index contributed by atoms with van der Waals surface area (Å²) in [6.45, 7) is 0.651. The molecule has 1 aromatic heterocycles. The number of hydrogen-bond donors (Lipinski definition) is 4. The molecule has 2 atom stereocenters. The molecule has 0 saturated carbocycles. The highest BCUT2D eigenvalue weighted by molar-refractivity contribution is 8.00. The maximum Gasteiger partial charge on any atom is 0.255 e.